The molecule has 3 heterocycles. The molecule has 0 aliphatic carbocycles. The molecule has 1 amide bonds. The molecule has 0 saturated heterocycles. The van der Waals surface area contributed by atoms with E-state index >= 15 is 0 Å². The molecule has 0 saturated carbocycles. The van der Waals surface area contributed by atoms with Gasteiger partial charge in [-0.1, -0.05) is 0 Å². The number of amides is 1. The molecule has 0 spiro atoms. The quantitative estimate of drug-likeness (QED) is 0.654. The van der Waals surface area contributed by atoms with Gasteiger partial charge in [-0.15, -0.1) is 5.10 Å². The minimum Gasteiger partial charge on any atom is -0.479 e. The largest absolute Gasteiger partial charge is 0.479 e. The van der Waals surface area contributed by atoms with Crippen molar-refractivity contribution in [2.75, 3.05) is 13.7 Å². The van der Waals surface area contributed by atoms with Gasteiger partial charge in [0.25, 0.3) is 11.7 Å². The van der Waals surface area contributed by atoms with Crippen LogP contribution in [0.25, 0.3) is 5.78 Å². The molecule has 3 rings (SSSR count). The van der Waals surface area contributed by atoms with E-state index in [1.807, 2.05) is 6.20 Å². The lowest BCUT2D eigenvalue weighted by molar-refractivity contribution is 0.0950. The first-order valence-electron chi connectivity index (χ1n) is 7.17. The summed E-state index contributed by atoms with van der Waals surface area (Å²) in [7, 11) is 3.24. The second-order valence-electron chi connectivity index (χ2n) is 5.05. The maximum atomic E-state index is 12.1. The van der Waals surface area contributed by atoms with Crippen LogP contribution in [0.15, 0.2) is 24.9 Å². The van der Waals surface area contributed by atoms with Crippen molar-refractivity contribution in [2.45, 2.75) is 12.8 Å². The van der Waals surface area contributed by atoms with Crippen molar-refractivity contribution in [1.82, 2.24) is 34.7 Å². The molecular formula is C14H17N7O2. The fraction of sp³-hybridized carbons (Fsp3) is 0.357. The number of carbonyl (C=O) groups is 1. The number of aromatic nitrogens is 6. The Morgan fingerprint density at radius 3 is 3.04 bits per heavy atom. The Morgan fingerprint density at radius 2 is 2.22 bits per heavy atom. The van der Waals surface area contributed by atoms with Crippen molar-refractivity contribution in [3.63, 3.8) is 0 Å². The number of nitrogens with zero attached hydrogens (tertiary/aromatic N) is 6. The van der Waals surface area contributed by atoms with Crippen molar-refractivity contribution >= 4 is 11.7 Å². The van der Waals surface area contributed by atoms with Gasteiger partial charge in [0.1, 0.15) is 11.9 Å². The Hall–Kier alpha value is -2.97. The van der Waals surface area contributed by atoms with Gasteiger partial charge in [-0.25, -0.2) is 9.50 Å². The Labute approximate surface area is 132 Å². The molecule has 3 aromatic heterocycles. The van der Waals surface area contributed by atoms with Crippen LogP contribution in [0.1, 0.15) is 22.3 Å². The summed E-state index contributed by atoms with van der Waals surface area (Å²) in [5.74, 6) is 0.705. The van der Waals surface area contributed by atoms with Crippen LogP contribution in [0, 0.1) is 0 Å². The number of methoxy groups -OCH3 is 1. The van der Waals surface area contributed by atoms with Gasteiger partial charge in [-0.2, -0.15) is 10.1 Å². The highest BCUT2D eigenvalue weighted by atomic mass is 16.5. The summed E-state index contributed by atoms with van der Waals surface area (Å²) in [4.78, 5) is 20.3. The van der Waals surface area contributed by atoms with E-state index in [0.29, 0.717) is 23.8 Å². The third kappa shape index (κ3) is 3.28. The lowest BCUT2D eigenvalue weighted by atomic mass is 10.2. The lowest BCUT2D eigenvalue weighted by Crippen LogP contribution is -2.24. The number of carbonyl (C=O) groups excluding carboxylic acids is 1. The number of nitrogens with one attached hydrogen (secondary N) is 1. The van der Waals surface area contributed by atoms with Crippen LogP contribution in [-0.2, 0) is 13.5 Å². The average molecular weight is 315 g/mol. The third-order valence-electron chi connectivity index (χ3n) is 3.35. The van der Waals surface area contributed by atoms with Crippen LogP contribution in [0.2, 0.25) is 0 Å². The fourth-order valence-corrected chi connectivity index (χ4v) is 2.25. The second kappa shape index (κ2) is 6.42. The highest BCUT2D eigenvalue weighted by molar-refractivity contribution is 5.96. The van der Waals surface area contributed by atoms with E-state index in [4.69, 9.17) is 4.74 Å². The number of ether oxygens (including phenoxy) is 1. The Bertz CT molecular complexity index is 824. The van der Waals surface area contributed by atoms with Gasteiger partial charge in [0.15, 0.2) is 0 Å². The van der Waals surface area contributed by atoms with E-state index in [1.165, 1.54) is 13.4 Å². The zero-order valence-electron chi connectivity index (χ0n) is 12.9. The lowest BCUT2D eigenvalue weighted by Gasteiger charge is -2.05. The first-order valence-corrected chi connectivity index (χ1v) is 7.17. The Kier molecular flexibility index (Phi) is 4.18. The van der Waals surface area contributed by atoms with Crippen molar-refractivity contribution in [3.8, 4) is 5.88 Å². The van der Waals surface area contributed by atoms with E-state index in [1.54, 1.807) is 28.6 Å². The number of fused-ring (bicyclic) bond motifs is 1. The summed E-state index contributed by atoms with van der Waals surface area (Å²) < 4.78 is 8.26. The predicted molar refractivity (Wildman–Crippen MR) is 81.2 cm³/mol. The zero-order chi connectivity index (χ0) is 16.2. The summed E-state index contributed by atoms with van der Waals surface area (Å²) in [6.07, 6.45) is 8.34. The smallest absolute Gasteiger partial charge is 0.258 e. The fourth-order valence-electron chi connectivity index (χ4n) is 2.25. The van der Waals surface area contributed by atoms with Gasteiger partial charge in [0.2, 0.25) is 5.88 Å². The predicted octanol–water partition coefficient (Wildman–Crippen LogP) is 0.229. The second-order valence-corrected chi connectivity index (χ2v) is 5.05. The maximum absolute atomic E-state index is 12.1. The number of rotatable bonds is 6. The van der Waals surface area contributed by atoms with Gasteiger partial charge in [-0.3, -0.25) is 9.48 Å². The molecular weight excluding hydrogens is 298 g/mol. The number of hydrogen-bond acceptors (Lipinski definition) is 6. The highest BCUT2D eigenvalue weighted by Crippen LogP contribution is 2.14. The zero-order valence-corrected chi connectivity index (χ0v) is 12.9. The van der Waals surface area contributed by atoms with Crippen molar-refractivity contribution < 1.29 is 9.53 Å². The first-order chi connectivity index (χ1) is 11.2. The summed E-state index contributed by atoms with van der Waals surface area (Å²) >= 11 is 0. The van der Waals surface area contributed by atoms with Gasteiger partial charge < -0.3 is 10.1 Å². The molecule has 1 N–H and O–H groups in total. The third-order valence-corrected chi connectivity index (χ3v) is 3.35. The molecule has 3 aromatic rings. The molecule has 0 aliphatic rings. The topological polar surface area (TPSA) is 99.2 Å². The SMILES string of the molecule is COc1nn(C)cc1C(=O)NCCCc1cnc2ncnn2c1. The normalized spacial score (nSPS) is 10.9. The van der Waals surface area contributed by atoms with E-state index in [0.717, 1.165) is 18.4 Å². The minimum absolute atomic E-state index is 0.195. The van der Waals surface area contributed by atoms with E-state index in [2.05, 4.69) is 25.5 Å². The van der Waals surface area contributed by atoms with Crippen LogP contribution in [0.3, 0.4) is 0 Å². The summed E-state index contributed by atoms with van der Waals surface area (Å²) in [6, 6.07) is 0. The number of aryl methyl sites for hydroxylation is 2. The van der Waals surface area contributed by atoms with Crippen LogP contribution >= 0.6 is 0 Å². The van der Waals surface area contributed by atoms with Gasteiger partial charge in [-0.05, 0) is 18.4 Å². The van der Waals surface area contributed by atoms with Gasteiger partial charge >= 0.3 is 0 Å². The van der Waals surface area contributed by atoms with Crippen LogP contribution in [-0.4, -0.2) is 48.9 Å². The molecule has 0 fully saturated rings. The summed E-state index contributed by atoms with van der Waals surface area (Å²) in [6.45, 7) is 0.548. The first kappa shape index (κ1) is 14.9. The molecule has 23 heavy (non-hydrogen) atoms. The Balaban J connectivity index is 1.51. The highest BCUT2D eigenvalue weighted by Gasteiger charge is 2.15. The average Bonchev–Trinajstić information content (AvgIpc) is 3.16. The molecule has 9 heteroatoms. The molecule has 120 valence electrons. The van der Waals surface area contributed by atoms with E-state index in [9.17, 15) is 4.79 Å². The van der Waals surface area contributed by atoms with E-state index < -0.39 is 0 Å². The monoisotopic (exact) mass is 315 g/mol. The standard InChI is InChI=1S/C14H17N7O2/c1-20-8-11(13(19-20)23-2)12(22)15-5-3-4-10-6-16-14-17-9-18-21(14)7-10/h6-9H,3-5H2,1-2H3,(H,15,22). The van der Waals surface area contributed by atoms with E-state index in [-0.39, 0.29) is 5.91 Å². The van der Waals surface area contributed by atoms with Crippen molar-refractivity contribution in [1.29, 1.82) is 0 Å². The van der Waals surface area contributed by atoms with Gasteiger partial charge in [0, 0.05) is 32.2 Å². The molecule has 0 atom stereocenters. The molecule has 0 radical (unpaired) electrons. The molecule has 0 aliphatic heterocycles. The van der Waals surface area contributed by atoms with Crippen LogP contribution < -0.4 is 10.1 Å². The van der Waals surface area contributed by atoms with Gasteiger partial charge in [0.05, 0.1) is 7.11 Å². The Morgan fingerprint density at radius 1 is 1.35 bits per heavy atom. The molecule has 0 unspecified atom stereocenters. The van der Waals surface area contributed by atoms with Crippen LogP contribution in [0.5, 0.6) is 5.88 Å². The number of hydrogen-bond donors (Lipinski definition) is 1. The minimum atomic E-state index is -0.195. The van der Waals surface area contributed by atoms with Crippen molar-refractivity contribution in [3.05, 3.63) is 36.0 Å². The molecule has 0 bridgehead atoms. The van der Waals surface area contributed by atoms with Crippen molar-refractivity contribution in [2.24, 2.45) is 7.05 Å². The summed E-state index contributed by atoms with van der Waals surface area (Å²) in [5, 5.41) is 11.0. The maximum Gasteiger partial charge on any atom is 0.258 e. The molecule has 9 nitrogen and oxygen atoms in total. The molecule has 0 aromatic carbocycles. The van der Waals surface area contributed by atoms with Crippen LogP contribution in [0.4, 0.5) is 0 Å². The summed E-state index contributed by atoms with van der Waals surface area (Å²) in [5.41, 5.74) is 1.47.